The summed E-state index contributed by atoms with van der Waals surface area (Å²) >= 11 is 6.15. The van der Waals surface area contributed by atoms with Gasteiger partial charge in [-0.3, -0.25) is 14.5 Å². The van der Waals surface area contributed by atoms with Crippen molar-refractivity contribution in [3.63, 3.8) is 0 Å². The van der Waals surface area contributed by atoms with E-state index in [1.165, 1.54) is 14.2 Å². The molecular formula is C20H22ClN3O4. The first-order chi connectivity index (χ1) is 13.4. The fourth-order valence-corrected chi connectivity index (χ4v) is 3.60. The molecule has 0 spiro atoms. The molecule has 0 radical (unpaired) electrons. The number of amides is 2. The molecule has 0 aromatic heterocycles. The maximum atomic E-state index is 12.7. The first-order valence-electron chi connectivity index (χ1n) is 8.74. The minimum Gasteiger partial charge on any atom is -0.495 e. The number of nitrogens with one attached hydrogen (secondary N) is 1. The van der Waals surface area contributed by atoms with Crippen LogP contribution in [0.1, 0.15) is 11.1 Å². The van der Waals surface area contributed by atoms with Crippen molar-refractivity contribution < 1.29 is 19.1 Å². The second-order valence-electron chi connectivity index (χ2n) is 6.53. The highest BCUT2D eigenvalue weighted by molar-refractivity contribution is 6.32. The number of hydrogen-bond acceptors (Lipinski definition) is 5. The largest absolute Gasteiger partial charge is 0.495 e. The highest BCUT2D eigenvalue weighted by Gasteiger charge is 2.31. The number of ether oxygens (including phenoxy) is 2. The maximum Gasteiger partial charge on any atom is 0.238 e. The van der Waals surface area contributed by atoms with E-state index in [0.717, 1.165) is 11.1 Å². The van der Waals surface area contributed by atoms with E-state index in [1.807, 2.05) is 24.3 Å². The normalized spacial score (nSPS) is 16.2. The zero-order chi connectivity index (χ0) is 20.3. The van der Waals surface area contributed by atoms with E-state index in [4.69, 9.17) is 26.8 Å². The number of methoxy groups -OCH3 is 2. The molecule has 2 amide bonds. The lowest BCUT2D eigenvalue weighted by Gasteiger charge is -2.34. The topological polar surface area (TPSA) is 93.9 Å². The summed E-state index contributed by atoms with van der Waals surface area (Å²) in [6.45, 7) is 0.479. The Balaban J connectivity index is 1.77. The van der Waals surface area contributed by atoms with Crippen molar-refractivity contribution in [2.75, 3.05) is 26.1 Å². The number of primary amides is 1. The summed E-state index contributed by atoms with van der Waals surface area (Å²) in [7, 11) is 2.99. The number of benzene rings is 2. The van der Waals surface area contributed by atoms with Crippen LogP contribution in [0, 0.1) is 0 Å². The highest BCUT2D eigenvalue weighted by Crippen LogP contribution is 2.36. The van der Waals surface area contributed by atoms with Crippen LogP contribution in [-0.4, -0.2) is 43.5 Å². The summed E-state index contributed by atoms with van der Waals surface area (Å²) in [6.07, 6.45) is 0.483. The number of carbonyl (C=O) groups is 2. The van der Waals surface area contributed by atoms with Crippen molar-refractivity contribution in [1.82, 2.24) is 4.90 Å². The minimum absolute atomic E-state index is 0.00867. The van der Waals surface area contributed by atoms with Crippen LogP contribution in [0.3, 0.4) is 0 Å². The zero-order valence-corrected chi connectivity index (χ0v) is 16.5. The Labute approximate surface area is 168 Å². The van der Waals surface area contributed by atoms with Crippen molar-refractivity contribution in [1.29, 1.82) is 0 Å². The molecule has 0 bridgehead atoms. The van der Waals surface area contributed by atoms with Crippen LogP contribution in [0.25, 0.3) is 0 Å². The van der Waals surface area contributed by atoms with Gasteiger partial charge in [0.25, 0.3) is 0 Å². The molecular weight excluding hydrogens is 382 g/mol. The van der Waals surface area contributed by atoms with Crippen LogP contribution in [-0.2, 0) is 22.6 Å². The highest BCUT2D eigenvalue weighted by atomic mass is 35.5. The van der Waals surface area contributed by atoms with Gasteiger partial charge in [-0.2, -0.15) is 0 Å². The Morgan fingerprint density at radius 2 is 1.86 bits per heavy atom. The Kier molecular flexibility index (Phi) is 6.06. The predicted molar refractivity (Wildman–Crippen MR) is 107 cm³/mol. The molecule has 0 saturated carbocycles. The third kappa shape index (κ3) is 4.21. The smallest absolute Gasteiger partial charge is 0.238 e. The summed E-state index contributed by atoms with van der Waals surface area (Å²) < 4.78 is 10.5. The SMILES string of the molecule is COc1cc(OC)c(NC(=O)CN2Cc3ccccc3C[C@H]2C(N)=O)cc1Cl. The fourth-order valence-electron chi connectivity index (χ4n) is 3.36. The number of carbonyl (C=O) groups excluding carboxylic acids is 2. The van der Waals surface area contributed by atoms with Crippen LogP contribution >= 0.6 is 11.6 Å². The van der Waals surface area contributed by atoms with Crippen molar-refractivity contribution in [3.8, 4) is 11.5 Å². The molecule has 7 nitrogen and oxygen atoms in total. The molecule has 1 aliphatic rings. The van der Waals surface area contributed by atoms with E-state index in [2.05, 4.69) is 5.32 Å². The van der Waals surface area contributed by atoms with Gasteiger partial charge in [0.2, 0.25) is 11.8 Å². The molecule has 3 rings (SSSR count). The Bertz CT molecular complexity index is 903. The van der Waals surface area contributed by atoms with E-state index in [0.29, 0.717) is 35.2 Å². The van der Waals surface area contributed by atoms with Gasteiger partial charge in [0, 0.05) is 12.6 Å². The zero-order valence-electron chi connectivity index (χ0n) is 15.7. The molecule has 148 valence electrons. The van der Waals surface area contributed by atoms with Crippen LogP contribution < -0.4 is 20.5 Å². The molecule has 1 aliphatic heterocycles. The Morgan fingerprint density at radius 3 is 2.50 bits per heavy atom. The van der Waals surface area contributed by atoms with Crippen LogP contribution in [0.5, 0.6) is 11.5 Å². The van der Waals surface area contributed by atoms with Gasteiger partial charge in [0.1, 0.15) is 11.5 Å². The Hall–Kier alpha value is -2.77. The monoisotopic (exact) mass is 403 g/mol. The molecule has 28 heavy (non-hydrogen) atoms. The third-order valence-corrected chi connectivity index (χ3v) is 5.06. The molecule has 8 heteroatoms. The number of nitrogens with zero attached hydrogens (tertiary/aromatic N) is 1. The molecule has 1 atom stereocenters. The summed E-state index contributed by atoms with van der Waals surface area (Å²) in [4.78, 5) is 26.4. The maximum absolute atomic E-state index is 12.7. The van der Waals surface area contributed by atoms with E-state index < -0.39 is 11.9 Å². The molecule has 0 saturated heterocycles. The first-order valence-corrected chi connectivity index (χ1v) is 9.12. The van der Waals surface area contributed by atoms with Gasteiger partial charge >= 0.3 is 0 Å². The minimum atomic E-state index is -0.540. The van der Waals surface area contributed by atoms with Gasteiger partial charge in [0.15, 0.2) is 0 Å². The van der Waals surface area contributed by atoms with Gasteiger partial charge in [-0.15, -0.1) is 0 Å². The van der Waals surface area contributed by atoms with Gasteiger partial charge in [-0.25, -0.2) is 0 Å². The van der Waals surface area contributed by atoms with Gasteiger partial charge < -0.3 is 20.5 Å². The predicted octanol–water partition coefficient (Wildman–Crippen LogP) is 2.21. The van der Waals surface area contributed by atoms with Crippen molar-refractivity contribution >= 4 is 29.1 Å². The van der Waals surface area contributed by atoms with Crippen LogP contribution in [0.15, 0.2) is 36.4 Å². The fraction of sp³-hybridized carbons (Fsp3) is 0.300. The standard InChI is InChI=1S/C20H22ClN3O4/c1-27-17-9-18(28-2)15(8-14(17)21)23-19(25)11-24-10-13-6-4-3-5-12(13)7-16(24)20(22)26/h3-6,8-9,16H,7,10-11H2,1-2H3,(H2,22,26)(H,23,25)/t16-/m0/s1. The summed E-state index contributed by atoms with van der Waals surface area (Å²) in [6, 6.07) is 10.5. The van der Waals surface area contributed by atoms with Crippen LogP contribution in [0.2, 0.25) is 5.02 Å². The van der Waals surface area contributed by atoms with Gasteiger partial charge in [-0.05, 0) is 23.6 Å². The summed E-state index contributed by atoms with van der Waals surface area (Å²) in [5.41, 5.74) is 8.16. The molecule has 0 fully saturated rings. The lowest BCUT2D eigenvalue weighted by Crippen LogP contribution is -2.50. The van der Waals surface area contributed by atoms with E-state index in [1.54, 1.807) is 17.0 Å². The quantitative estimate of drug-likeness (QED) is 0.771. The number of hydrogen-bond donors (Lipinski definition) is 2. The van der Waals surface area contributed by atoms with Gasteiger partial charge in [-0.1, -0.05) is 35.9 Å². The average molecular weight is 404 g/mol. The van der Waals surface area contributed by atoms with E-state index in [9.17, 15) is 9.59 Å². The third-order valence-electron chi connectivity index (χ3n) is 4.77. The number of anilines is 1. The summed E-state index contributed by atoms with van der Waals surface area (Å²) in [5, 5.41) is 3.13. The second kappa shape index (κ2) is 8.50. The van der Waals surface area contributed by atoms with Crippen LogP contribution in [0.4, 0.5) is 5.69 Å². The van der Waals surface area contributed by atoms with Gasteiger partial charge in [0.05, 0.1) is 37.5 Å². The average Bonchev–Trinajstić information content (AvgIpc) is 2.67. The van der Waals surface area contributed by atoms with Crippen molar-refractivity contribution in [2.45, 2.75) is 19.0 Å². The number of nitrogens with two attached hydrogens (primary N) is 1. The first kappa shape index (κ1) is 20.0. The molecule has 0 unspecified atom stereocenters. The molecule has 2 aromatic rings. The molecule has 1 heterocycles. The van der Waals surface area contributed by atoms with E-state index >= 15 is 0 Å². The second-order valence-corrected chi connectivity index (χ2v) is 6.94. The van der Waals surface area contributed by atoms with E-state index in [-0.39, 0.29) is 12.5 Å². The van der Waals surface area contributed by atoms with Crippen molar-refractivity contribution in [3.05, 3.63) is 52.5 Å². The van der Waals surface area contributed by atoms with Crippen molar-refractivity contribution in [2.24, 2.45) is 5.73 Å². The number of fused-ring (bicyclic) bond motifs is 1. The lowest BCUT2D eigenvalue weighted by atomic mass is 9.93. The Morgan fingerprint density at radius 1 is 1.18 bits per heavy atom. The summed E-state index contributed by atoms with van der Waals surface area (Å²) in [5.74, 6) is 0.112. The molecule has 3 N–H and O–H groups in total. The molecule has 0 aliphatic carbocycles. The number of rotatable bonds is 6. The lowest BCUT2D eigenvalue weighted by molar-refractivity contribution is -0.125. The molecule has 2 aromatic carbocycles. The number of halogens is 1.